The van der Waals surface area contributed by atoms with Crippen LogP contribution < -0.4 is 15.4 Å². The molecule has 0 spiro atoms. The number of nitrogens with one attached hydrogen (secondary N) is 2. The van der Waals surface area contributed by atoms with Gasteiger partial charge in [-0.2, -0.15) is 0 Å². The Bertz CT molecular complexity index is 1030. The molecule has 0 bridgehead atoms. The smallest absolute Gasteiger partial charge is 0.325 e. The fourth-order valence-corrected chi connectivity index (χ4v) is 3.55. The molecule has 8 heteroatoms. The van der Waals surface area contributed by atoms with Crippen LogP contribution in [0.25, 0.3) is 0 Å². The minimum atomic E-state index is -1.27. The number of ether oxygens (including phenoxy) is 1. The summed E-state index contributed by atoms with van der Waals surface area (Å²) in [7, 11) is 1.51. The highest BCUT2D eigenvalue weighted by atomic mass is 35.5. The standard InChI is InChI=1S/C23H26ClN3O4/c1-22(2,3)15-8-11-18(31-5)17(12-15)25-19(28)13-27-20(29)23(4,26-21(27)30)14-6-9-16(24)10-7-14/h6-12H,13H2,1-5H3,(H,25,28)(H,26,30). The molecule has 1 saturated heterocycles. The fraction of sp³-hybridized carbons (Fsp3) is 0.348. The fourth-order valence-electron chi connectivity index (χ4n) is 3.42. The zero-order chi connectivity index (χ0) is 23.0. The number of anilines is 1. The van der Waals surface area contributed by atoms with Crippen LogP contribution in [-0.2, 0) is 20.5 Å². The van der Waals surface area contributed by atoms with E-state index in [1.165, 1.54) is 7.11 Å². The summed E-state index contributed by atoms with van der Waals surface area (Å²) in [4.78, 5) is 39.2. The molecule has 164 valence electrons. The lowest BCUT2D eigenvalue weighted by molar-refractivity contribution is -0.133. The van der Waals surface area contributed by atoms with Gasteiger partial charge in [0, 0.05) is 5.02 Å². The molecular weight excluding hydrogens is 418 g/mol. The monoisotopic (exact) mass is 443 g/mol. The molecule has 1 heterocycles. The maximum Gasteiger partial charge on any atom is 0.325 e. The van der Waals surface area contributed by atoms with Gasteiger partial charge >= 0.3 is 6.03 Å². The molecule has 2 aromatic carbocycles. The van der Waals surface area contributed by atoms with Crippen LogP contribution in [0.1, 0.15) is 38.8 Å². The second kappa shape index (κ2) is 8.23. The van der Waals surface area contributed by atoms with Crippen molar-refractivity contribution in [1.82, 2.24) is 10.2 Å². The molecule has 1 atom stereocenters. The largest absolute Gasteiger partial charge is 0.495 e. The minimum Gasteiger partial charge on any atom is -0.495 e. The zero-order valence-corrected chi connectivity index (χ0v) is 19.0. The molecule has 2 aromatic rings. The average Bonchev–Trinajstić information content (AvgIpc) is 2.91. The highest BCUT2D eigenvalue weighted by Crippen LogP contribution is 2.32. The Labute approximate surface area is 186 Å². The molecule has 7 nitrogen and oxygen atoms in total. The summed E-state index contributed by atoms with van der Waals surface area (Å²) >= 11 is 5.92. The molecule has 1 unspecified atom stereocenters. The van der Waals surface area contributed by atoms with Crippen LogP contribution in [0.3, 0.4) is 0 Å². The van der Waals surface area contributed by atoms with Gasteiger partial charge in [0.05, 0.1) is 12.8 Å². The number of urea groups is 1. The van der Waals surface area contributed by atoms with Crippen molar-refractivity contribution in [3.05, 3.63) is 58.6 Å². The molecule has 0 aromatic heterocycles. The summed E-state index contributed by atoms with van der Waals surface area (Å²) in [5.41, 5.74) is 0.669. The minimum absolute atomic E-state index is 0.128. The number of nitrogens with zero attached hydrogens (tertiary/aromatic N) is 1. The Morgan fingerprint density at radius 1 is 1.16 bits per heavy atom. The summed E-state index contributed by atoms with van der Waals surface area (Å²) in [5, 5.41) is 5.96. The number of methoxy groups -OCH3 is 1. The number of rotatable bonds is 5. The van der Waals surface area contributed by atoms with Crippen molar-refractivity contribution in [2.24, 2.45) is 0 Å². The van der Waals surface area contributed by atoms with Crippen LogP contribution >= 0.6 is 11.6 Å². The highest BCUT2D eigenvalue weighted by Gasteiger charge is 2.49. The molecule has 0 aliphatic carbocycles. The van der Waals surface area contributed by atoms with Gasteiger partial charge in [0.25, 0.3) is 5.91 Å². The van der Waals surface area contributed by atoms with Crippen molar-refractivity contribution in [1.29, 1.82) is 0 Å². The van der Waals surface area contributed by atoms with Crippen molar-refractivity contribution in [2.45, 2.75) is 38.6 Å². The topological polar surface area (TPSA) is 87.7 Å². The summed E-state index contributed by atoms with van der Waals surface area (Å²) in [6.07, 6.45) is 0. The lowest BCUT2D eigenvalue weighted by atomic mass is 9.87. The average molecular weight is 444 g/mol. The van der Waals surface area contributed by atoms with Crippen molar-refractivity contribution in [2.75, 3.05) is 19.0 Å². The first-order valence-corrected chi connectivity index (χ1v) is 10.2. The number of imide groups is 1. The van der Waals surface area contributed by atoms with E-state index in [1.807, 2.05) is 12.1 Å². The number of carbonyl (C=O) groups is 3. The van der Waals surface area contributed by atoms with E-state index >= 15 is 0 Å². The van der Waals surface area contributed by atoms with E-state index in [0.717, 1.165) is 10.5 Å². The molecule has 0 radical (unpaired) electrons. The third-order valence-electron chi connectivity index (χ3n) is 5.34. The predicted octanol–water partition coefficient (Wildman–Crippen LogP) is 4.05. The first-order chi connectivity index (χ1) is 14.5. The third-order valence-corrected chi connectivity index (χ3v) is 5.59. The second-order valence-corrected chi connectivity index (χ2v) is 9.10. The van der Waals surface area contributed by atoms with Crippen LogP contribution in [0.2, 0.25) is 5.02 Å². The highest BCUT2D eigenvalue weighted by molar-refractivity contribution is 6.30. The van der Waals surface area contributed by atoms with Crippen LogP contribution in [0, 0.1) is 0 Å². The number of benzene rings is 2. The van der Waals surface area contributed by atoms with E-state index in [4.69, 9.17) is 16.3 Å². The third kappa shape index (κ3) is 4.51. The molecule has 3 rings (SSSR count). The zero-order valence-electron chi connectivity index (χ0n) is 18.2. The molecule has 2 N–H and O–H groups in total. The molecule has 1 fully saturated rings. The van der Waals surface area contributed by atoms with Crippen molar-refractivity contribution in [3.63, 3.8) is 0 Å². The number of hydrogen-bond donors (Lipinski definition) is 2. The Hall–Kier alpha value is -3.06. The molecular formula is C23H26ClN3O4. The van der Waals surface area contributed by atoms with Gasteiger partial charge in [0.15, 0.2) is 0 Å². The lowest BCUT2D eigenvalue weighted by Crippen LogP contribution is -2.42. The van der Waals surface area contributed by atoms with Gasteiger partial charge in [-0.25, -0.2) is 4.79 Å². The van der Waals surface area contributed by atoms with Gasteiger partial charge < -0.3 is 15.4 Å². The molecule has 31 heavy (non-hydrogen) atoms. The number of amides is 4. The summed E-state index contributed by atoms with van der Waals surface area (Å²) in [6, 6.07) is 11.6. The van der Waals surface area contributed by atoms with E-state index in [1.54, 1.807) is 37.3 Å². The van der Waals surface area contributed by atoms with E-state index in [0.29, 0.717) is 22.0 Å². The quantitative estimate of drug-likeness (QED) is 0.682. The van der Waals surface area contributed by atoms with Crippen LogP contribution in [-0.4, -0.2) is 36.4 Å². The summed E-state index contributed by atoms with van der Waals surface area (Å²) < 4.78 is 5.34. The Morgan fingerprint density at radius 2 is 1.81 bits per heavy atom. The first kappa shape index (κ1) is 22.6. The maximum atomic E-state index is 13.0. The van der Waals surface area contributed by atoms with E-state index in [2.05, 4.69) is 31.4 Å². The molecule has 0 saturated carbocycles. The predicted molar refractivity (Wildman–Crippen MR) is 119 cm³/mol. The van der Waals surface area contributed by atoms with Crippen molar-refractivity contribution in [3.8, 4) is 5.75 Å². The Kier molecular flexibility index (Phi) is 6.00. The van der Waals surface area contributed by atoms with Gasteiger partial charge in [0.1, 0.15) is 17.8 Å². The SMILES string of the molecule is COc1ccc(C(C)(C)C)cc1NC(=O)CN1C(=O)NC(C)(c2ccc(Cl)cc2)C1=O. The van der Waals surface area contributed by atoms with Gasteiger partial charge in [-0.3, -0.25) is 14.5 Å². The molecule has 1 aliphatic rings. The van der Waals surface area contributed by atoms with Gasteiger partial charge in [0.2, 0.25) is 5.91 Å². The van der Waals surface area contributed by atoms with E-state index < -0.39 is 29.9 Å². The van der Waals surface area contributed by atoms with Crippen LogP contribution in [0.4, 0.5) is 10.5 Å². The number of halogens is 1. The Balaban J connectivity index is 1.79. The molecule has 4 amide bonds. The Morgan fingerprint density at radius 3 is 2.39 bits per heavy atom. The maximum absolute atomic E-state index is 13.0. The van der Waals surface area contributed by atoms with Crippen molar-refractivity contribution >= 4 is 35.1 Å². The first-order valence-electron chi connectivity index (χ1n) is 9.84. The molecule has 1 aliphatic heterocycles. The van der Waals surface area contributed by atoms with Crippen LogP contribution in [0.15, 0.2) is 42.5 Å². The van der Waals surface area contributed by atoms with Gasteiger partial charge in [-0.1, -0.05) is 50.6 Å². The second-order valence-electron chi connectivity index (χ2n) is 8.67. The van der Waals surface area contributed by atoms with Crippen LogP contribution in [0.5, 0.6) is 5.75 Å². The summed E-state index contributed by atoms with van der Waals surface area (Å²) in [6.45, 7) is 7.36. The van der Waals surface area contributed by atoms with Gasteiger partial charge in [-0.05, 0) is 47.7 Å². The van der Waals surface area contributed by atoms with Crippen molar-refractivity contribution < 1.29 is 19.1 Å². The van der Waals surface area contributed by atoms with E-state index in [-0.39, 0.29) is 5.41 Å². The van der Waals surface area contributed by atoms with E-state index in [9.17, 15) is 14.4 Å². The summed E-state index contributed by atoms with van der Waals surface area (Å²) in [5.74, 6) is -0.525. The number of carbonyl (C=O) groups excluding carboxylic acids is 3. The number of hydrogen-bond acceptors (Lipinski definition) is 4. The van der Waals surface area contributed by atoms with Gasteiger partial charge in [-0.15, -0.1) is 0 Å². The lowest BCUT2D eigenvalue weighted by Gasteiger charge is -2.23. The normalized spacial score (nSPS) is 18.7.